The third-order valence-corrected chi connectivity index (χ3v) is 6.65. The molecule has 1 heterocycles. The lowest BCUT2D eigenvalue weighted by molar-refractivity contribution is -0.149. The molecule has 0 aromatic heterocycles. The van der Waals surface area contributed by atoms with Crippen molar-refractivity contribution in [2.45, 2.75) is 30.6 Å². The van der Waals surface area contributed by atoms with Gasteiger partial charge in [-0.15, -0.1) is 0 Å². The molecule has 0 saturated carbocycles. The standard InChI is InChI=1S/C27H22F3NO6/c28-27(29,30)19-10-8-18(9-11-19)23(33)31-22(17-4-2-1-3-5-17)21(24(34)35)15-26(31,25(36)37)14-16-6-12-20(32)13-7-16/h1-13,21-22,32H,14-15H2,(H,34,35)(H,36,37)/t21-,22-,26-/m0/s1. The summed E-state index contributed by atoms with van der Waals surface area (Å²) in [5.41, 5.74) is -2.44. The van der Waals surface area contributed by atoms with Gasteiger partial charge in [0, 0.05) is 12.0 Å². The Morgan fingerprint density at radius 1 is 0.892 bits per heavy atom. The Labute approximate surface area is 209 Å². The van der Waals surface area contributed by atoms with E-state index in [2.05, 4.69) is 0 Å². The van der Waals surface area contributed by atoms with Gasteiger partial charge < -0.3 is 20.2 Å². The Kier molecular flexibility index (Phi) is 6.68. The second-order valence-corrected chi connectivity index (χ2v) is 8.93. The van der Waals surface area contributed by atoms with Gasteiger partial charge in [-0.1, -0.05) is 42.5 Å². The molecule has 3 aromatic rings. The van der Waals surface area contributed by atoms with Gasteiger partial charge in [-0.3, -0.25) is 9.59 Å². The number of alkyl halides is 3. The minimum Gasteiger partial charge on any atom is -0.508 e. The summed E-state index contributed by atoms with van der Waals surface area (Å²) in [6.07, 6.45) is -5.37. The molecular weight excluding hydrogens is 491 g/mol. The number of phenols is 1. The number of aromatic hydroxyl groups is 1. The van der Waals surface area contributed by atoms with Crippen LogP contribution >= 0.6 is 0 Å². The number of hydrogen-bond acceptors (Lipinski definition) is 4. The summed E-state index contributed by atoms with van der Waals surface area (Å²) in [6.45, 7) is 0. The number of aliphatic carboxylic acids is 2. The molecule has 3 aromatic carbocycles. The lowest BCUT2D eigenvalue weighted by atomic mass is 9.84. The number of halogens is 3. The number of likely N-dealkylation sites (tertiary alicyclic amines) is 1. The first-order valence-corrected chi connectivity index (χ1v) is 11.2. The largest absolute Gasteiger partial charge is 0.508 e. The predicted molar refractivity (Wildman–Crippen MR) is 125 cm³/mol. The first-order chi connectivity index (χ1) is 17.4. The van der Waals surface area contributed by atoms with E-state index in [1.54, 1.807) is 30.3 Å². The Morgan fingerprint density at radius 2 is 1.49 bits per heavy atom. The number of carboxylic acid groups (broad SMARTS) is 2. The number of carbonyl (C=O) groups excluding carboxylic acids is 1. The minimum atomic E-state index is -4.64. The van der Waals surface area contributed by atoms with Crippen molar-refractivity contribution < 1.29 is 42.9 Å². The van der Waals surface area contributed by atoms with Crippen molar-refractivity contribution in [2.24, 2.45) is 5.92 Å². The number of hydrogen-bond donors (Lipinski definition) is 3. The quantitative estimate of drug-likeness (QED) is 0.438. The van der Waals surface area contributed by atoms with Crippen LogP contribution < -0.4 is 0 Å². The zero-order chi connectivity index (χ0) is 27.0. The lowest BCUT2D eigenvalue weighted by Crippen LogP contribution is -2.55. The molecular formula is C27H22F3NO6. The van der Waals surface area contributed by atoms with Gasteiger partial charge in [0.2, 0.25) is 0 Å². The van der Waals surface area contributed by atoms with E-state index >= 15 is 0 Å². The lowest BCUT2D eigenvalue weighted by Gasteiger charge is -2.38. The van der Waals surface area contributed by atoms with Crippen LogP contribution in [0.1, 0.15) is 39.5 Å². The summed E-state index contributed by atoms with van der Waals surface area (Å²) in [4.78, 5) is 40.1. The van der Waals surface area contributed by atoms with Gasteiger partial charge >= 0.3 is 18.1 Å². The third-order valence-electron chi connectivity index (χ3n) is 6.65. The first kappa shape index (κ1) is 25.7. The second kappa shape index (κ2) is 9.61. The van der Waals surface area contributed by atoms with Crippen molar-refractivity contribution in [3.63, 3.8) is 0 Å². The summed E-state index contributed by atoms with van der Waals surface area (Å²) in [5, 5.41) is 30.2. The van der Waals surface area contributed by atoms with Gasteiger partial charge in [0.15, 0.2) is 0 Å². The maximum absolute atomic E-state index is 13.9. The van der Waals surface area contributed by atoms with E-state index in [9.17, 15) is 42.9 Å². The van der Waals surface area contributed by atoms with Crippen LogP contribution in [-0.2, 0) is 22.2 Å². The molecule has 4 rings (SSSR count). The molecule has 37 heavy (non-hydrogen) atoms. The van der Waals surface area contributed by atoms with E-state index in [1.165, 1.54) is 24.3 Å². The van der Waals surface area contributed by atoms with Crippen molar-refractivity contribution >= 4 is 17.8 Å². The summed E-state index contributed by atoms with van der Waals surface area (Å²) >= 11 is 0. The Bertz CT molecular complexity index is 1310. The van der Waals surface area contributed by atoms with Crippen molar-refractivity contribution in [1.82, 2.24) is 4.90 Å². The molecule has 7 nitrogen and oxygen atoms in total. The highest BCUT2D eigenvalue weighted by atomic mass is 19.4. The fourth-order valence-corrected chi connectivity index (χ4v) is 4.91. The van der Waals surface area contributed by atoms with Crippen molar-refractivity contribution in [3.8, 4) is 5.75 Å². The Hall–Kier alpha value is -4.34. The highest BCUT2D eigenvalue weighted by Gasteiger charge is 2.60. The van der Waals surface area contributed by atoms with Gasteiger partial charge in [-0.05, 0) is 53.9 Å². The summed E-state index contributed by atoms with van der Waals surface area (Å²) in [5.74, 6) is -5.05. The highest BCUT2D eigenvalue weighted by Crippen LogP contribution is 2.49. The average Bonchev–Trinajstić information content (AvgIpc) is 3.21. The van der Waals surface area contributed by atoms with Crippen LogP contribution in [0.5, 0.6) is 5.75 Å². The van der Waals surface area contributed by atoms with Crippen molar-refractivity contribution in [3.05, 3.63) is 101 Å². The fourth-order valence-electron chi connectivity index (χ4n) is 4.91. The summed E-state index contributed by atoms with van der Waals surface area (Å²) < 4.78 is 39.3. The zero-order valence-corrected chi connectivity index (χ0v) is 19.2. The van der Waals surface area contributed by atoms with Gasteiger partial charge in [0.05, 0.1) is 17.5 Å². The molecule has 1 aliphatic heterocycles. The van der Waals surface area contributed by atoms with E-state index in [1.807, 2.05) is 0 Å². The van der Waals surface area contributed by atoms with E-state index in [4.69, 9.17) is 0 Å². The van der Waals surface area contributed by atoms with Gasteiger partial charge in [0.25, 0.3) is 5.91 Å². The number of benzene rings is 3. The molecule has 3 N–H and O–H groups in total. The molecule has 10 heteroatoms. The van der Waals surface area contributed by atoms with E-state index < -0.39 is 53.5 Å². The van der Waals surface area contributed by atoms with Gasteiger partial charge in [-0.25, -0.2) is 4.79 Å². The monoisotopic (exact) mass is 513 g/mol. The Morgan fingerprint density at radius 3 is 2.00 bits per heavy atom. The number of rotatable bonds is 6. The second-order valence-electron chi connectivity index (χ2n) is 8.93. The maximum atomic E-state index is 13.9. The highest BCUT2D eigenvalue weighted by molar-refractivity contribution is 6.00. The molecule has 0 unspecified atom stereocenters. The molecule has 0 radical (unpaired) electrons. The first-order valence-electron chi connectivity index (χ1n) is 11.2. The van der Waals surface area contributed by atoms with E-state index in [-0.39, 0.29) is 17.7 Å². The van der Waals surface area contributed by atoms with Crippen molar-refractivity contribution in [2.75, 3.05) is 0 Å². The van der Waals surface area contributed by atoms with Crippen LogP contribution in [0, 0.1) is 5.92 Å². The zero-order valence-electron chi connectivity index (χ0n) is 19.2. The van der Waals surface area contributed by atoms with Gasteiger partial charge in [0.1, 0.15) is 11.3 Å². The van der Waals surface area contributed by atoms with Crippen molar-refractivity contribution in [1.29, 1.82) is 0 Å². The van der Waals surface area contributed by atoms with E-state index in [0.29, 0.717) is 11.1 Å². The minimum absolute atomic E-state index is 0.0668. The topological polar surface area (TPSA) is 115 Å². The fraction of sp³-hybridized carbons (Fsp3) is 0.222. The maximum Gasteiger partial charge on any atom is 0.416 e. The SMILES string of the molecule is O=C(O)[C@H]1C[C@@](Cc2ccc(O)cc2)(C(=O)O)N(C(=O)c2ccc(C(F)(F)F)cc2)[C@H]1c1ccccc1. The van der Waals surface area contributed by atoms with Crippen LogP contribution in [0.4, 0.5) is 13.2 Å². The normalized spacial score (nSPS) is 21.5. The smallest absolute Gasteiger partial charge is 0.416 e. The van der Waals surface area contributed by atoms with Crippen LogP contribution in [0.25, 0.3) is 0 Å². The molecule has 0 spiro atoms. The molecule has 0 bridgehead atoms. The third kappa shape index (κ3) is 4.87. The van der Waals surface area contributed by atoms with Crippen LogP contribution in [0.3, 0.4) is 0 Å². The molecule has 1 aliphatic rings. The van der Waals surface area contributed by atoms with Crippen LogP contribution in [-0.4, -0.2) is 43.6 Å². The molecule has 3 atom stereocenters. The number of carboxylic acids is 2. The van der Waals surface area contributed by atoms with Gasteiger partial charge in [-0.2, -0.15) is 13.2 Å². The molecule has 0 aliphatic carbocycles. The van der Waals surface area contributed by atoms with E-state index in [0.717, 1.165) is 29.2 Å². The average molecular weight is 513 g/mol. The summed E-state index contributed by atoms with van der Waals surface area (Å²) in [7, 11) is 0. The molecule has 192 valence electrons. The number of nitrogens with zero attached hydrogens (tertiary/aromatic N) is 1. The summed E-state index contributed by atoms with van der Waals surface area (Å²) in [6, 6.07) is 15.8. The molecule has 1 amide bonds. The van der Waals surface area contributed by atoms with Crippen LogP contribution in [0.15, 0.2) is 78.9 Å². The molecule has 1 saturated heterocycles. The predicted octanol–water partition coefficient (Wildman–Crippen LogP) is 4.77. The van der Waals surface area contributed by atoms with Crippen LogP contribution in [0.2, 0.25) is 0 Å². The number of carbonyl (C=O) groups is 3. The Balaban J connectivity index is 1.89. The number of amides is 1. The molecule has 1 fully saturated rings. The number of phenolic OH excluding ortho intramolecular Hbond substituents is 1.